The molecular formula is C9H11N2O2+. The average Bonchev–Trinajstić information content (AvgIpc) is 2.18. The van der Waals surface area contributed by atoms with Crippen molar-refractivity contribution in [2.24, 2.45) is 5.11 Å². The molecule has 0 saturated carbocycles. The first-order chi connectivity index (χ1) is 6.27. The second-order valence-electron chi connectivity index (χ2n) is 2.40. The zero-order valence-corrected chi connectivity index (χ0v) is 7.36. The quantitative estimate of drug-likeness (QED) is 0.548. The molecule has 1 rings (SSSR count). The molecule has 0 aliphatic carbocycles. The number of hydrogen-bond donors (Lipinski definition) is 1. The van der Waals surface area contributed by atoms with E-state index < -0.39 is 0 Å². The lowest BCUT2D eigenvalue weighted by Crippen LogP contribution is -2.22. The third kappa shape index (κ3) is 2.37. The molecule has 0 aliphatic heterocycles. The van der Waals surface area contributed by atoms with E-state index in [1.807, 2.05) is 0 Å². The van der Waals surface area contributed by atoms with Crippen LogP contribution < -0.4 is 5.53 Å². The van der Waals surface area contributed by atoms with Crippen LogP contribution in [-0.4, -0.2) is 12.6 Å². The Hall–Kier alpha value is -1.71. The minimum absolute atomic E-state index is 0.354. The third-order valence-corrected chi connectivity index (χ3v) is 1.51. The van der Waals surface area contributed by atoms with E-state index >= 15 is 0 Å². The zero-order chi connectivity index (χ0) is 9.68. The fraction of sp³-hybridized carbons (Fsp3) is 0.222. The lowest BCUT2D eigenvalue weighted by atomic mass is 10.2. The van der Waals surface area contributed by atoms with Crippen molar-refractivity contribution >= 4 is 11.7 Å². The molecule has 0 aromatic heterocycles. The molecular weight excluding hydrogens is 168 g/mol. The Morgan fingerprint density at radius 3 is 3.00 bits per heavy atom. The van der Waals surface area contributed by atoms with Crippen LogP contribution in [0.5, 0.6) is 0 Å². The Labute approximate surface area is 76.0 Å². The maximum absolute atomic E-state index is 11.2. The predicted molar refractivity (Wildman–Crippen MR) is 46.4 cm³/mol. The van der Waals surface area contributed by atoms with Crippen LogP contribution in [0.4, 0.5) is 5.69 Å². The van der Waals surface area contributed by atoms with Crippen molar-refractivity contribution in [2.45, 2.75) is 6.92 Å². The minimum Gasteiger partial charge on any atom is -0.462 e. The standard InChI is InChI=1S/C9H10N2O2/c1-2-13-9(12)7-4-3-5-8(6-7)11-10/h3-6,10H,2H2,1H3/p+1. The van der Waals surface area contributed by atoms with Crippen molar-refractivity contribution in [3.63, 3.8) is 0 Å². The van der Waals surface area contributed by atoms with E-state index in [1.54, 1.807) is 31.2 Å². The number of esters is 1. The summed E-state index contributed by atoms with van der Waals surface area (Å²) in [5.74, 6) is -0.354. The molecule has 0 amide bonds. The summed E-state index contributed by atoms with van der Waals surface area (Å²) < 4.78 is 4.81. The van der Waals surface area contributed by atoms with Crippen LogP contribution in [0.1, 0.15) is 17.3 Å². The van der Waals surface area contributed by atoms with Gasteiger partial charge >= 0.3 is 5.97 Å². The second kappa shape index (κ2) is 4.35. The SMILES string of the molecule is CCOC(=O)c1cccc(N=[NH2+])c1. The van der Waals surface area contributed by atoms with Crippen LogP contribution in [0.2, 0.25) is 0 Å². The third-order valence-electron chi connectivity index (χ3n) is 1.51. The summed E-state index contributed by atoms with van der Waals surface area (Å²) in [6.07, 6.45) is 0. The lowest BCUT2D eigenvalue weighted by molar-refractivity contribution is -0.210. The number of ether oxygens (including phenoxy) is 1. The summed E-state index contributed by atoms with van der Waals surface area (Å²) in [6, 6.07) is 6.66. The van der Waals surface area contributed by atoms with Crippen LogP contribution >= 0.6 is 0 Å². The molecule has 1 aromatic rings. The zero-order valence-electron chi connectivity index (χ0n) is 7.36. The van der Waals surface area contributed by atoms with Crippen molar-refractivity contribution in [1.29, 1.82) is 0 Å². The van der Waals surface area contributed by atoms with Gasteiger partial charge in [0.05, 0.1) is 12.2 Å². The lowest BCUT2D eigenvalue weighted by Gasteiger charge is -2.00. The Morgan fingerprint density at radius 2 is 2.38 bits per heavy atom. The summed E-state index contributed by atoms with van der Waals surface area (Å²) in [7, 11) is 0. The van der Waals surface area contributed by atoms with Gasteiger partial charge in [0.25, 0.3) is 0 Å². The van der Waals surface area contributed by atoms with Crippen molar-refractivity contribution in [2.75, 3.05) is 6.61 Å². The summed E-state index contributed by atoms with van der Waals surface area (Å²) in [6.45, 7) is 2.12. The molecule has 0 radical (unpaired) electrons. The van der Waals surface area contributed by atoms with Gasteiger partial charge in [0.15, 0.2) is 0 Å². The summed E-state index contributed by atoms with van der Waals surface area (Å²) in [5.41, 5.74) is 6.09. The highest BCUT2D eigenvalue weighted by atomic mass is 16.5. The highest BCUT2D eigenvalue weighted by molar-refractivity contribution is 5.90. The molecule has 68 valence electrons. The predicted octanol–water partition coefficient (Wildman–Crippen LogP) is 0.706. The number of rotatable bonds is 3. The van der Waals surface area contributed by atoms with E-state index in [-0.39, 0.29) is 5.97 Å². The van der Waals surface area contributed by atoms with Crippen LogP contribution in [0, 0.1) is 0 Å². The Balaban J connectivity index is 2.88. The van der Waals surface area contributed by atoms with Gasteiger partial charge in [-0.05, 0) is 30.2 Å². The normalized spacial score (nSPS) is 9.31. The molecule has 2 N–H and O–H groups in total. The van der Waals surface area contributed by atoms with Crippen molar-refractivity contribution in [3.05, 3.63) is 29.8 Å². The highest BCUT2D eigenvalue weighted by Crippen LogP contribution is 2.12. The first-order valence-corrected chi connectivity index (χ1v) is 3.96. The van der Waals surface area contributed by atoms with Crippen LogP contribution in [0.3, 0.4) is 0 Å². The van der Waals surface area contributed by atoms with Gasteiger partial charge in [-0.25, -0.2) is 4.79 Å². The van der Waals surface area contributed by atoms with E-state index in [9.17, 15) is 4.79 Å². The number of carbonyl (C=O) groups excluding carboxylic acids is 1. The van der Waals surface area contributed by atoms with E-state index in [1.165, 1.54) is 0 Å². The fourth-order valence-corrected chi connectivity index (χ4v) is 0.928. The maximum atomic E-state index is 11.2. The van der Waals surface area contributed by atoms with Crippen LogP contribution in [-0.2, 0) is 4.74 Å². The molecule has 0 heterocycles. The number of nitrogens with two attached hydrogens (primary N) is 1. The van der Waals surface area contributed by atoms with Gasteiger partial charge < -0.3 is 4.74 Å². The first-order valence-electron chi connectivity index (χ1n) is 3.96. The Kier molecular flexibility index (Phi) is 3.14. The number of hydrogen-bond acceptors (Lipinski definition) is 3. The van der Waals surface area contributed by atoms with Gasteiger partial charge in [0.1, 0.15) is 5.69 Å². The van der Waals surface area contributed by atoms with E-state index in [4.69, 9.17) is 10.3 Å². The smallest absolute Gasteiger partial charge is 0.338 e. The summed E-state index contributed by atoms with van der Waals surface area (Å²) >= 11 is 0. The average molecular weight is 179 g/mol. The topological polar surface area (TPSA) is 64.2 Å². The fourth-order valence-electron chi connectivity index (χ4n) is 0.928. The molecule has 0 spiro atoms. The van der Waals surface area contributed by atoms with Crippen molar-refractivity contribution in [3.8, 4) is 0 Å². The van der Waals surface area contributed by atoms with Crippen LogP contribution in [0.25, 0.3) is 0 Å². The van der Waals surface area contributed by atoms with Gasteiger partial charge in [0.2, 0.25) is 0 Å². The van der Waals surface area contributed by atoms with E-state index in [0.717, 1.165) is 0 Å². The summed E-state index contributed by atoms with van der Waals surface area (Å²) in [4.78, 5) is 11.2. The molecule has 0 atom stereocenters. The maximum Gasteiger partial charge on any atom is 0.338 e. The van der Waals surface area contributed by atoms with Crippen LogP contribution in [0.15, 0.2) is 29.4 Å². The highest BCUT2D eigenvalue weighted by Gasteiger charge is 2.06. The van der Waals surface area contributed by atoms with Gasteiger partial charge in [-0.15, -0.1) is 0 Å². The first kappa shape index (κ1) is 9.38. The van der Waals surface area contributed by atoms with E-state index in [0.29, 0.717) is 17.9 Å². The molecule has 0 fully saturated rings. The van der Waals surface area contributed by atoms with Crippen molar-refractivity contribution < 1.29 is 15.1 Å². The molecule has 4 heteroatoms. The van der Waals surface area contributed by atoms with Gasteiger partial charge in [0, 0.05) is 0 Å². The van der Waals surface area contributed by atoms with Crippen molar-refractivity contribution in [1.82, 2.24) is 0 Å². The van der Waals surface area contributed by atoms with Gasteiger partial charge in [-0.1, -0.05) is 6.07 Å². The molecule has 1 aromatic carbocycles. The molecule has 0 unspecified atom stereocenters. The molecule has 0 bridgehead atoms. The van der Waals surface area contributed by atoms with Gasteiger partial charge in [-0.3, -0.25) is 0 Å². The molecule has 0 aliphatic rings. The Bertz CT molecular complexity index is 323. The summed E-state index contributed by atoms with van der Waals surface area (Å²) in [5, 5.41) is 3.47. The second-order valence-corrected chi connectivity index (χ2v) is 2.40. The largest absolute Gasteiger partial charge is 0.462 e. The Morgan fingerprint density at radius 1 is 1.62 bits per heavy atom. The molecule has 0 saturated heterocycles. The number of benzene rings is 1. The van der Waals surface area contributed by atoms with Gasteiger partial charge in [-0.2, -0.15) is 5.53 Å². The molecule has 13 heavy (non-hydrogen) atoms. The monoisotopic (exact) mass is 179 g/mol. The number of nitrogens with zero attached hydrogens (tertiary/aromatic N) is 1. The molecule has 4 nitrogen and oxygen atoms in total. The number of carbonyl (C=O) groups is 1. The van der Waals surface area contributed by atoms with E-state index in [2.05, 4.69) is 5.11 Å². The minimum atomic E-state index is -0.354.